The Morgan fingerprint density at radius 2 is 1.93 bits per heavy atom. The number of amides is 1. The lowest BCUT2D eigenvalue weighted by atomic mass is 9.89. The van der Waals surface area contributed by atoms with Crippen LogP contribution in [0.3, 0.4) is 0 Å². The number of nitrogens with zero attached hydrogens (tertiary/aromatic N) is 1. The number of Topliss-reactive ketones (excluding diaryl/α,β-unsaturated/α-hetero) is 2. The van der Waals surface area contributed by atoms with Crippen molar-refractivity contribution in [3.8, 4) is 0 Å². The van der Waals surface area contributed by atoms with Crippen molar-refractivity contribution in [1.82, 2.24) is 9.88 Å². The van der Waals surface area contributed by atoms with Gasteiger partial charge in [0.25, 0.3) is 5.91 Å². The summed E-state index contributed by atoms with van der Waals surface area (Å²) in [7, 11) is 0. The predicted molar refractivity (Wildman–Crippen MR) is 112 cm³/mol. The zero-order valence-corrected chi connectivity index (χ0v) is 17.0. The second-order valence-corrected chi connectivity index (χ2v) is 7.92. The quantitative estimate of drug-likeness (QED) is 0.511. The summed E-state index contributed by atoms with van der Waals surface area (Å²) in [5.41, 5.74) is 3.69. The van der Waals surface area contributed by atoms with Gasteiger partial charge in [-0.25, -0.2) is 0 Å². The van der Waals surface area contributed by atoms with Gasteiger partial charge in [-0.2, -0.15) is 0 Å². The minimum atomic E-state index is -0.996. The molecule has 0 bridgehead atoms. The Labute approximate surface area is 173 Å². The maximum absolute atomic E-state index is 12.8. The van der Waals surface area contributed by atoms with Gasteiger partial charge in [-0.3, -0.25) is 14.4 Å². The van der Waals surface area contributed by atoms with Gasteiger partial charge in [0.2, 0.25) is 5.78 Å². The number of rotatable bonds is 5. The highest BCUT2D eigenvalue weighted by atomic mass is 35.5. The zero-order valence-electron chi connectivity index (χ0n) is 16.2. The number of carbonyl (C=O) groups excluding carboxylic acids is 3. The van der Waals surface area contributed by atoms with Gasteiger partial charge in [-0.15, -0.1) is 0 Å². The first-order valence-corrected chi connectivity index (χ1v) is 9.92. The zero-order chi connectivity index (χ0) is 20.7. The van der Waals surface area contributed by atoms with Crippen molar-refractivity contribution in [2.45, 2.75) is 26.3 Å². The number of benzene rings is 2. The van der Waals surface area contributed by atoms with E-state index in [0.717, 1.165) is 22.0 Å². The standard InChI is InChI=1S/C23H21ClN2O3/c1-13-7-8-15(11-18(13)24)21-20(14(2)27)22(28)23(29)26(21)10-9-16-12-25-19-6-4-3-5-17(16)19/h3-8,11-12,20-21,25H,9-10H2,1-2H3. The number of hydrogen-bond acceptors (Lipinski definition) is 3. The summed E-state index contributed by atoms with van der Waals surface area (Å²) in [6.45, 7) is 3.59. The summed E-state index contributed by atoms with van der Waals surface area (Å²) < 4.78 is 0. The molecule has 3 aromatic rings. The second kappa shape index (κ2) is 7.48. The Morgan fingerprint density at radius 3 is 2.66 bits per heavy atom. The molecule has 2 atom stereocenters. The van der Waals surface area contributed by atoms with Crippen LogP contribution < -0.4 is 0 Å². The van der Waals surface area contributed by atoms with E-state index in [1.165, 1.54) is 11.8 Å². The highest BCUT2D eigenvalue weighted by Crippen LogP contribution is 2.38. The van der Waals surface area contributed by atoms with Gasteiger partial charge in [0, 0.05) is 28.7 Å². The van der Waals surface area contributed by atoms with E-state index in [9.17, 15) is 14.4 Å². The molecular formula is C23H21ClN2O3. The first kappa shape index (κ1) is 19.4. The molecule has 1 aliphatic heterocycles. The molecule has 1 aliphatic rings. The third-order valence-corrected chi connectivity index (χ3v) is 6.09. The summed E-state index contributed by atoms with van der Waals surface area (Å²) >= 11 is 6.29. The van der Waals surface area contributed by atoms with Crippen molar-refractivity contribution in [3.63, 3.8) is 0 Å². The van der Waals surface area contributed by atoms with Gasteiger partial charge in [-0.1, -0.05) is 41.9 Å². The summed E-state index contributed by atoms with van der Waals surface area (Å²) in [6.07, 6.45) is 2.50. The van der Waals surface area contributed by atoms with Crippen molar-refractivity contribution in [2.24, 2.45) is 5.92 Å². The Hall–Kier alpha value is -2.92. The molecule has 1 saturated heterocycles. The number of carbonyl (C=O) groups is 3. The molecule has 0 spiro atoms. The van der Waals surface area contributed by atoms with Gasteiger partial charge in [0.1, 0.15) is 11.7 Å². The van der Waals surface area contributed by atoms with Crippen molar-refractivity contribution >= 4 is 40.0 Å². The molecule has 0 saturated carbocycles. The van der Waals surface area contributed by atoms with Crippen molar-refractivity contribution < 1.29 is 14.4 Å². The van der Waals surface area contributed by atoms with E-state index in [1.807, 2.05) is 49.5 Å². The molecule has 1 aromatic heterocycles. The molecule has 29 heavy (non-hydrogen) atoms. The first-order valence-electron chi connectivity index (χ1n) is 9.55. The number of H-pyrrole nitrogens is 1. The molecule has 148 valence electrons. The van der Waals surface area contributed by atoms with E-state index in [0.29, 0.717) is 23.6 Å². The van der Waals surface area contributed by atoms with Crippen LogP contribution in [0.2, 0.25) is 5.02 Å². The number of aryl methyl sites for hydroxylation is 1. The summed E-state index contributed by atoms with van der Waals surface area (Å²) in [4.78, 5) is 42.4. The molecule has 2 heterocycles. The number of nitrogens with one attached hydrogen (secondary N) is 1. The number of likely N-dealkylation sites (tertiary alicyclic amines) is 1. The van der Waals surface area contributed by atoms with E-state index < -0.39 is 23.7 Å². The largest absolute Gasteiger partial charge is 0.361 e. The van der Waals surface area contributed by atoms with Crippen LogP contribution in [0.5, 0.6) is 0 Å². The number of fused-ring (bicyclic) bond motifs is 1. The minimum absolute atomic E-state index is 0.306. The van der Waals surface area contributed by atoms with Crippen LogP contribution in [0.25, 0.3) is 10.9 Å². The van der Waals surface area contributed by atoms with Crippen molar-refractivity contribution in [3.05, 3.63) is 70.4 Å². The second-order valence-electron chi connectivity index (χ2n) is 7.51. The SMILES string of the molecule is CC(=O)C1C(=O)C(=O)N(CCc2c[nH]c3ccccc23)C1c1ccc(C)c(Cl)c1. The third kappa shape index (κ3) is 3.36. The maximum Gasteiger partial charge on any atom is 0.291 e. The molecule has 1 N–H and O–H groups in total. The number of aromatic amines is 1. The summed E-state index contributed by atoms with van der Waals surface area (Å²) in [5.74, 6) is -2.55. The molecule has 1 amide bonds. The number of aromatic nitrogens is 1. The fourth-order valence-electron chi connectivity index (χ4n) is 4.12. The summed E-state index contributed by atoms with van der Waals surface area (Å²) in [6, 6.07) is 12.7. The van der Waals surface area contributed by atoms with Crippen LogP contribution in [0.4, 0.5) is 0 Å². The van der Waals surface area contributed by atoms with Crippen LogP contribution in [0.1, 0.15) is 29.7 Å². The minimum Gasteiger partial charge on any atom is -0.361 e. The normalized spacial score (nSPS) is 19.3. The molecule has 5 nitrogen and oxygen atoms in total. The molecule has 0 radical (unpaired) electrons. The van der Waals surface area contributed by atoms with Gasteiger partial charge in [0.15, 0.2) is 0 Å². The number of halogens is 1. The lowest BCUT2D eigenvalue weighted by molar-refractivity contribution is -0.142. The van der Waals surface area contributed by atoms with Gasteiger partial charge < -0.3 is 9.88 Å². The van der Waals surface area contributed by atoms with Crippen molar-refractivity contribution in [1.29, 1.82) is 0 Å². The summed E-state index contributed by atoms with van der Waals surface area (Å²) in [5, 5.41) is 1.64. The molecular weight excluding hydrogens is 388 g/mol. The van der Waals surface area contributed by atoms with Crippen LogP contribution in [0.15, 0.2) is 48.7 Å². The molecule has 2 aromatic carbocycles. The fourth-order valence-corrected chi connectivity index (χ4v) is 4.31. The number of para-hydroxylation sites is 1. The maximum atomic E-state index is 12.8. The third-order valence-electron chi connectivity index (χ3n) is 5.68. The highest BCUT2D eigenvalue weighted by molar-refractivity contribution is 6.42. The predicted octanol–water partition coefficient (Wildman–Crippen LogP) is 4.03. The average Bonchev–Trinajstić information content (AvgIpc) is 3.22. The molecule has 0 aliphatic carbocycles. The fraction of sp³-hybridized carbons (Fsp3) is 0.261. The van der Waals surface area contributed by atoms with E-state index in [1.54, 1.807) is 6.07 Å². The van der Waals surface area contributed by atoms with Gasteiger partial charge in [-0.05, 0) is 49.1 Å². The van der Waals surface area contributed by atoms with Gasteiger partial charge >= 0.3 is 0 Å². The van der Waals surface area contributed by atoms with E-state index in [-0.39, 0.29) is 5.78 Å². The van der Waals surface area contributed by atoms with E-state index in [4.69, 9.17) is 11.6 Å². The van der Waals surface area contributed by atoms with E-state index >= 15 is 0 Å². The monoisotopic (exact) mass is 408 g/mol. The van der Waals surface area contributed by atoms with E-state index in [2.05, 4.69) is 4.98 Å². The van der Waals surface area contributed by atoms with Crippen LogP contribution in [-0.2, 0) is 20.8 Å². The molecule has 1 fully saturated rings. The van der Waals surface area contributed by atoms with Crippen LogP contribution in [-0.4, -0.2) is 33.9 Å². The smallest absolute Gasteiger partial charge is 0.291 e. The Bertz CT molecular complexity index is 1130. The lowest BCUT2D eigenvalue weighted by Crippen LogP contribution is -2.32. The number of hydrogen-bond donors (Lipinski definition) is 1. The number of ketones is 2. The Kier molecular flexibility index (Phi) is 5.01. The van der Waals surface area contributed by atoms with Crippen LogP contribution in [0, 0.1) is 12.8 Å². The topological polar surface area (TPSA) is 70.2 Å². The Balaban J connectivity index is 1.68. The lowest BCUT2D eigenvalue weighted by Gasteiger charge is -2.27. The molecule has 2 unspecified atom stereocenters. The average molecular weight is 409 g/mol. The Morgan fingerprint density at radius 1 is 1.17 bits per heavy atom. The first-order chi connectivity index (χ1) is 13.9. The highest BCUT2D eigenvalue weighted by Gasteiger charge is 2.50. The van der Waals surface area contributed by atoms with Crippen LogP contribution >= 0.6 is 11.6 Å². The molecule has 4 rings (SSSR count). The van der Waals surface area contributed by atoms with Crippen molar-refractivity contribution in [2.75, 3.05) is 6.54 Å². The van der Waals surface area contributed by atoms with Gasteiger partial charge in [0.05, 0.1) is 6.04 Å². The molecule has 6 heteroatoms.